The zero-order valence-electron chi connectivity index (χ0n) is 18.7. The summed E-state index contributed by atoms with van der Waals surface area (Å²) < 4.78 is 9.79. The molecule has 0 aliphatic carbocycles. The zero-order valence-corrected chi connectivity index (χ0v) is 19.5. The predicted octanol–water partition coefficient (Wildman–Crippen LogP) is 2.18. The molecular weight excluding hydrogens is 444 g/mol. The Balaban J connectivity index is 1.50. The second kappa shape index (κ2) is 12.2. The van der Waals surface area contributed by atoms with E-state index < -0.39 is 11.9 Å². The molecule has 0 bridgehead atoms. The molecule has 0 unspecified atom stereocenters. The number of primary amides is 1. The smallest absolute Gasteiger partial charge is 0.319 e. The van der Waals surface area contributed by atoms with Gasteiger partial charge in [-0.2, -0.15) is 4.37 Å². The molecule has 1 saturated heterocycles. The maximum Gasteiger partial charge on any atom is 0.319 e. The zero-order chi connectivity index (χ0) is 23.6. The van der Waals surface area contributed by atoms with Gasteiger partial charge in [0.05, 0.1) is 0 Å². The molecule has 178 valence electrons. The van der Waals surface area contributed by atoms with Gasteiger partial charge in [-0.25, -0.2) is 4.79 Å². The predicted molar refractivity (Wildman–Crippen MR) is 127 cm³/mol. The van der Waals surface area contributed by atoms with Crippen LogP contribution in [-0.4, -0.2) is 60.3 Å². The highest BCUT2D eigenvalue weighted by molar-refractivity contribution is 7.11. The van der Waals surface area contributed by atoms with Gasteiger partial charge < -0.3 is 26.0 Å². The number of urea groups is 1. The third-order valence-corrected chi connectivity index (χ3v) is 6.06. The average molecular weight is 475 g/mol. The van der Waals surface area contributed by atoms with Crippen LogP contribution in [0.1, 0.15) is 52.0 Å². The fourth-order valence-corrected chi connectivity index (χ4v) is 4.33. The first-order chi connectivity index (χ1) is 16.0. The molecule has 0 radical (unpaired) electrons. The molecule has 2 heterocycles. The Morgan fingerprint density at radius 3 is 2.73 bits per heavy atom. The normalized spacial score (nSPS) is 13.5. The first kappa shape index (κ1) is 24.5. The van der Waals surface area contributed by atoms with Gasteiger partial charge in [0.25, 0.3) is 11.8 Å². The topological polar surface area (TPSA) is 139 Å². The summed E-state index contributed by atoms with van der Waals surface area (Å²) in [7, 11) is 1.55. The summed E-state index contributed by atoms with van der Waals surface area (Å²) in [6.45, 7) is 4.00. The highest BCUT2D eigenvalue weighted by atomic mass is 32.1. The van der Waals surface area contributed by atoms with Crippen molar-refractivity contribution < 1.29 is 19.1 Å². The largest absolute Gasteiger partial charge is 0.472 e. The third kappa shape index (κ3) is 7.16. The molecular formula is C22H30N6O4S. The summed E-state index contributed by atoms with van der Waals surface area (Å²) in [6, 6.07) is 6.48. The summed E-state index contributed by atoms with van der Waals surface area (Å²) in [6.07, 6.45) is 4.43. The first-order valence-corrected chi connectivity index (χ1v) is 11.8. The monoisotopic (exact) mass is 474 g/mol. The Morgan fingerprint density at radius 2 is 2.00 bits per heavy atom. The average Bonchev–Trinajstić information content (AvgIpc) is 3.47. The molecule has 5 N–H and O–H groups in total. The van der Waals surface area contributed by atoms with E-state index in [1.807, 2.05) is 0 Å². The molecule has 2 aromatic rings. The Labute approximate surface area is 197 Å². The number of unbranched alkanes of at least 4 members (excludes halogenated alkanes) is 1. The number of nitrogens with zero attached hydrogens (tertiary/aromatic N) is 2. The summed E-state index contributed by atoms with van der Waals surface area (Å²) in [4.78, 5) is 38.5. The van der Waals surface area contributed by atoms with Crippen molar-refractivity contribution in [1.29, 1.82) is 0 Å². The number of aromatic nitrogens is 1. The number of amides is 4. The van der Waals surface area contributed by atoms with Crippen molar-refractivity contribution >= 4 is 34.4 Å². The minimum Gasteiger partial charge on any atom is -0.472 e. The quantitative estimate of drug-likeness (QED) is 0.368. The lowest BCUT2D eigenvalue weighted by atomic mass is 10.1. The number of rotatable bonds is 11. The number of hydrogen-bond donors (Lipinski definition) is 4. The SMILES string of the molecule is CNC(=O)c1cccc(COc2nsc(NC(=O)NCCCCN3CCCC3)c2C(N)=O)c1. The molecule has 4 amide bonds. The van der Waals surface area contributed by atoms with Crippen LogP contribution in [0.25, 0.3) is 0 Å². The highest BCUT2D eigenvalue weighted by Gasteiger charge is 2.22. The molecule has 1 aliphatic rings. The second-order valence-electron chi connectivity index (χ2n) is 7.76. The van der Waals surface area contributed by atoms with Gasteiger partial charge in [-0.05, 0) is 74.5 Å². The van der Waals surface area contributed by atoms with E-state index in [0.29, 0.717) is 12.1 Å². The Kier molecular flexibility index (Phi) is 9.02. The van der Waals surface area contributed by atoms with Crippen LogP contribution in [0.15, 0.2) is 24.3 Å². The van der Waals surface area contributed by atoms with Crippen LogP contribution in [0.4, 0.5) is 9.80 Å². The molecule has 0 atom stereocenters. The summed E-state index contributed by atoms with van der Waals surface area (Å²) in [5.41, 5.74) is 6.74. The van der Waals surface area contributed by atoms with Crippen molar-refractivity contribution in [3.63, 3.8) is 0 Å². The fourth-order valence-electron chi connectivity index (χ4n) is 3.59. The van der Waals surface area contributed by atoms with E-state index in [0.717, 1.165) is 36.5 Å². The lowest BCUT2D eigenvalue weighted by Gasteiger charge is -2.14. The summed E-state index contributed by atoms with van der Waals surface area (Å²) in [5, 5.41) is 8.22. The van der Waals surface area contributed by atoms with Gasteiger partial charge in [0.15, 0.2) is 0 Å². The molecule has 10 nitrogen and oxygen atoms in total. The van der Waals surface area contributed by atoms with Gasteiger partial charge in [0.2, 0.25) is 5.88 Å². The number of benzene rings is 1. The molecule has 1 aliphatic heterocycles. The number of carbonyl (C=O) groups excluding carboxylic acids is 3. The van der Waals surface area contributed by atoms with Crippen LogP contribution >= 0.6 is 11.5 Å². The number of carbonyl (C=O) groups is 3. The van der Waals surface area contributed by atoms with Crippen molar-refractivity contribution in [2.45, 2.75) is 32.3 Å². The Hall–Kier alpha value is -3.18. The summed E-state index contributed by atoms with van der Waals surface area (Å²) in [5.74, 6) is -0.922. The van der Waals surface area contributed by atoms with Crippen molar-refractivity contribution in [2.75, 3.05) is 38.5 Å². The Morgan fingerprint density at radius 1 is 1.21 bits per heavy atom. The van der Waals surface area contributed by atoms with Gasteiger partial charge >= 0.3 is 6.03 Å². The van der Waals surface area contributed by atoms with Gasteiger partial charge in [-0.1, -0.05) is 12.1 Å². The molecule has 3 rings (SSSR count). The maximum absolute atomic E-state index is 12.2. The minimum absolute atomic E-state index is 0.0200. The van der Waals surface area contributed by atoms with Crippen molar-refractivity contribution in [3.05, 3.63) is 41.0 Å². The van der Waals surface area contributed by atoms with E-state index >= 15 is 0 Å². The van der Waals surface area contributed by atoms with Crippen LogP contribution in [0.2, 0.25) is 0 Å². The molecule has 1 aromatic heterocycles. The van der Waals surface area contributed by atoms with Gasteiger partial charge in [-0.3, -0.25) is 14.9 Å². The Bertz CT molecular complexity index is 974. The van der Waals surface area contributed by atoms with E-state index in [9.17, 15) is 14.4 Å². The summed E-state index contributed by atoms with van der Waals surface area (Å²) >= 11 is 0.922. The van der Waals surface area contributed by atoms with Crippen LogP contribution in [0.3, 0.4) is 0 Å². The lowest BCUT2D eigenvalue weighted by Crippen LogP contribution is -2.30. The van der Waals surface area contributed by atoms with Crippen molar-refractivity contribution in [3.8, 4) is 5.88 Å². The van der Waals surface area contributed by atoms with Crippen molar-refractivity contribution in [1.82, 2.24) is 19.9 Å². The van der Waals surface area contributed by atoms with E-state index in [2.05, 4.69) is 25.2 Å². The molecule has 33 heavy (non-hydrogen) atoms. The molecule has 0 spiro atoms. The highest BCUT2D eigenvalue weighted by Crippen LogP contribution is 2.30. The molecule has 1 aromatic carbocycles. The van der Waals surface area contributed by atoms with E-state index in [-0.39, 0.29) is 29.0 Å². The minimum atomic E-state index is -0.751. The van der Waals surface area contributed by atoms with Crippen LogP contribution in [0, 0.1) is 0 Å². The van der Waals surface area contributed by atoms with Gasteiger partial charge in [0, 0.05) is 19.2 Å². The molecule has 0 saturated carbocycles. The van der Waals surface area contributed by atoms with Gasteiger partial charge in [-0.15, -0.1) is 0 Å². The maximum atomic E-state index is 12.2. The number of ether oxygens (including phenoxy) is 1. The lowest BCUT2D eigenvalue weighted by molar-refractivity contribution is 0.0961. The number of anilines is 1. The van der Waals surface area contributed by atoms with Crippen LogP contribution in [-0.2, 0) is 6.61 Å². The molecule has 11 heteroatoms. The first-order valence-electron chi connectivity index (χ1n) is 11.0. The number of hydrogen-bond acceptors (Lipinski definition) is 7. The standard InChI is InChI=1S/C22H30N6O4S/c1-24-19(30)16-8-6-7-15(13-16)14-32-20-17(18(23)29)21(33-27-20)26-22(31)25-9-2-3-10-28-11-4-5-12-28/h6-8,13H,2-5,9-12,14H2,1H3,(H2,23,29)(H,24,30)(H2,25,26,31). The van der Waals surface area contributed by atoms with Crippen LogP contribution < -0.4 is 26.4 Å². The van der Waals surface area contributed by atoms with E-state index in [1.54, 1.807) is 31.3 Å². The van der Waals surface area contributed by atoms with E-state index in [4.69, 9.17) is 10.5 Å². The second-order valence-corrected chi connectivity index (χ2v) is 8.53. The van der Waals surface area contributed by atoms with Gasteiger partial charge in [0.1, 0.15) is 17.2 Å². The fraction of sp³-hybridized carbons (Fsp3) is 0.455. The van der Waals surface area contributed by atoms with E-state index in [1.165, 1.54) is 25.9 Å². The number of likely N-dealkylation sites (tertiary alicyclic amines) is 1. The number of nitrogens with one attached hydrogen (secondary N) is 3. The third-order valence-electron chi connectivity index (χ3n) is 5.31. The van der Waals surface area contributed by atoms with Crippen molar-refractivity contribution in [2.24, 2.45) is 5.73 Å². The molecule has 1 fully saturated rings. The van der Waals surface area contributed by atoms with Crippen LogP contribution in [0.5, 0.6) is 5.88 Å². The number of nitrogens with two attached hydrogens (primary N) is 1.